The number of aliphatic hydroxyl groups excluding tert-OH is 4. The number of unbranched alkanes of at least 4 members (excludes halogenated alkanes) is 6. The van der Waals surface area contributed by atoms with Crippen LogP contribution in [0.2, 0.25) is 0 Å². The first-order valence-electron chi connectivity index (χ1n) is 13.1. The molecule has 0 aliphatic carbocycles. The minimum atomic E-state index is -1.61. The van der Waals surface area contributed by atoms with Gasteiger partial charge in [-0.15, -0.1) is 0 Å². The Morgan fingerprint density at radius 1 is 1.13 bits per heavy atom. The summed E-state index contributed by atoms with van der Waals surface area (Å²) in [7, 11) is 0. The fourth-order valence-corrected chi connectivity index (χ4v) is 4.23. The number of nitrogens with one attached hydrogen (secondary N) is 4. The van der Waals surface area contributed by atoms with Gasteiger partial charge in [0.25, 0.3) is 5.91 Å². The van der Waals surface area contributed by atoms with E-state index in [1.54, 1.807) is 0 Å². The number of fused-ring (bicyclic) bond motifs is 1. The summed E-state index contributed by atoms with van der Waals surface area (Å²) in [5.74, 6) is 4.11. The van der Waals surface area contributed by atoms with Crippen LogP contribution >= 0.6 is 0 Å². The van der Waals surface area contributed by atoms with Crippen LogP contribution in [0.15, 0.2) is 12.7 Å². The molecular weight excluding hydrogens is 510 g/mol. The maximum absolute atomic E-state index is 12.5. The number of hydrogen-bond acceptors (Lipinski definition) is 11. The summed E-state index contributed by atoms with van der Waals surface area (Å²) in [4.78, 5) is 39.4. The highest BCUT2D eigenvalue weighted by molar-refractivity contribution is 5.95. The average Bonchev–Trinajstić information content (AvgIpc) is 3.42. The summed E-state index contributed by atoms with van der Waals surface area (Å²) in [6.07, 6.45) is 2.64. The molecule has 1 fully saturated rings. The molecule has 2 amide bonds. The second kappa shape index (κ2) is 15.3. The van der Waals surface area contributed by atoms with Crippen LogP contribution in [0.5, 0.6) is 0 Å². The van der Waals surface area contributed by atoms with E-state index in [2.05, 4.69) is 54.7 Å². The maximum atomic E-state index is 12.5. The quantitative estimate of drug-likeness (QED) is 0.111. The molecule has 1 saturated heterocycles. The zero-order valence-electron chi connectivity index (χ0n) is 21.8. The normalized spacial score (nSPS) is 23.5. The largest absolute Gasteiger partial charge is 0.394 e. The van der Waals surface area contributed by atoms with E-state index < -0.39 is 61.7 Å². The van der Waals surface area contributed by atoms with E-state index >= 15 is 0 Å². The monoisotopic (exact) mass is 547 g/mol. The molecule has 0 unspecified atom stereocenters. The van der Waals surface area contributed by atoms with Gasteiger partial charge in [-0.3, -0.25) is 9.59 Å². The van der Waals surface area contributed by atoms with Gasteiger partial charge in [0.05, 0.1) is 25.5 Å². The molecule has 8 N–H and O–H groups in total. The number of imidazole rings is 1. The summed E-state index contributed by atoms with van der Waals surface area (Å²) in [5, 5.41) is 49.0. The van der Waals surface area contributed by atoms with Gasteiger partial charge in [-0.05, 0) is 12.3 Å². The number of hydrogen-bond donors (Lipinski definition) is 8. The van der Waals surface area contributed by atoms with Crippen molar-refractivity contribution < 1.29 is 34.8 Å². The lowest BCUT2D eigenvalue weighted by atomic mass is 9.92. The molecule has 14 heteroatoms. The molecule has 1 aliphatic rings. The Balaban J connectivity index is 1.53. The third-order valence-electron chi connectivity index (χ3n) is 6.35. The van der Waals surface area contributed by atoms with Crippen molar-refractivity contribution in [3.63, 3.8) is 0 Å². The smallest absolute Gasteiger partial charge is 0.296 e. The Hall–Kier alpha value is -3.35. The molecule has 1 aliphatic heterocycles. The highest BCUT2D eigenvalue weighted by atomic mass is 16.5. The highest BCUT2D eigenvalue weighted by Crippen LogP contribution is 2.26. The van der Waals surface area contributed by atoms with Crippen molar-refractivity contribution in [2.75, 3.05) is 18.5 Å². The number of carbonyl (C=O) groups is 2. The predicted octanol–water partition coefficient (Wildman–Crippen LogP) is -1.08. The second-order valence-corrected chi connectivity index (χ2v) is 9.32. The van der Waals surface area contributed by atoms with Gasteiger partial charge >= 0.3 is 0 Å². The van der Waals surface area contributed by atoms with Crippen molar-refractivity contribution in [3.05, 3.63) is 12.7 Å². The SMILES string of the molecule is CCCCCCCCC#CC(=O)NCC(=O)N[C@@H]1[C@@H](O)[C@@H](O)[C@@H](Nc2ncnc3nc[nH]c23)O[C@H]1[C@@H](O)CO. The topological polar surface area (TPSA) is 215 Å². The number of ether oxygens (including phenoxy) is 1. The molecular formula is C25H37N7O7. The van der Waals surface area contributed by atoms with Gasteiger partial charge in [-0.2, -0.15) is 0 Å². The van der Waals surface area contributed by atoms with Crippen LogP contribution in [0.3, 0.4) is 0 Å². The Morgan fingerprint density at radius 3 is 2.67 bits per heavy atom. The number of H-pyrrole nitrogens is 1. The van der Waals surface area contributed by atoms with Crippen LogP contribution in [0.4, 0.5) is 5.82 Å². The fourth-order valence-electron chi connectivity index (χ4n) is 4.23. The lowest BCUT2D eigenvalue weighted by molar-refractivity contribution is -0.204. The van der Waals surface area contributed by atoms with E-state index in [0.717, 1.165) is 19.3 Å². The molecule has 14 nitrogen and oxygen atoms in total. The van der Waals surface area contributed by atoms with E-state index in [1.165, 1.54) is 31.9 Å². The first-order chi connectivity index (χ1) is 18.8. The van der Waals surface area contributed by atoms with Gasteiger partial charge in [0.2, 0.25) is 5.91 Å². The van der Waals surface area contributed by atoms with E-state index in [0.29, 0.717) is 17.6 Å². The van der Waals surface area contributed by atoms with Crippen LogP contribution in [0.25, 0.3) is 11.2 Å². The number of aromatic nitrogens is 4. The molecule has 0 bridgehead atoms. The van der Waals surface area contributed by atoms with Crippen molar-refractivity contribution in [1.82, 2.24) is 30.6 Å². The lowest BCUT2D eigenvalue weighted by Crippen LogP contribution is -2.68. The minimum Gasteiger partial charge on any atom is -0.394 e. The van der Waals surface area contributed by atoms with Gasteiger partial charge in [0, 0.05) is 6.42 Å². The number of aliphatic hydroxyl groups is 4. The van der Waals surface area contributed by atoms with Crippen LogP contribution < -0.4 is 16.0 Å². The highest BCUT2D eigenvalue weighted by Gasteiger charge is 2.48. The van der Waals surface area contributed by atoms with Gasteiger partial charge in [0.1, 0.15) is 36.3 Å². The molecule has 0 spiro atoms. The molecule has 0 saturated carbocycles. The van der Waals surface area contributed by atoms with Crippen LogP contribution in [-0.4, -0.2) is 102 Å². The van der Waals surface area contributed by atoms with Gasteiger partial charge in [0.15, 0.2) is 17.7 Å². The second-order valence-electron chi connectivity index (χ2n) is 9.32. The number of amides is 2. The summed E-state index contributed by atoms with van der Waals surface area (Å²) >= 11 is 0. The van der Waals surface area contributed by atoms with Crippen molar-refractivity contribution in [3.8, 4) is 11.8 Å². The number of aromatic amines is 1. The third-order valence-corrected chi connectivity index (χ3v) is 6.35. The minimum absolute atomic E-state index is 0.216. The van der Waals surface area contributed by atoms with Gasteiger partial charge in [-0.1, -0.05) is 44.9 Å². The van der Waals surface area contributed by atoms with Crippen LogP contribution in [0, 0.1) is 11.8 Å². The molecule has 214 valence electrons. The predicted molar refractivity (Wildman–Crippen MR) is 140 cm³/mol. The molecule has 3 rings (SSSR count). The summed E-state index contributed by atoms with van der Waals surface area (Å²) in [5.41, 5.74) is 0.771. The molecule has 0 aromatic carbocycles. The molecule has 2 aromatic heterocycles. The summed E-state index contributed by atoms with van der Waals surface area (Å²) in [6, 6.07) is -1.30. The third kappa shape index (κ3) is 8.57. The van der Waals surface area contributed by atoms with E-state index in [1.807, 2.05) is 0 Å². The van der Waals surface area contributed by atoms with E-state index in [-0.39, 0.29) is 5.82 Å². The Morgan fingerprint density at radius 2 is 1.90 bits per heavy atom. The van der Waals surface area contributed by atoms with Crippen LogP contribution in [0.1, 0.15) is 51.9 Å². The van der Waals surface area contributed by atoms with Crippen LogP contribution in [-0.2, 0) is 14.3 Å². The van der Waals surface area contributed by atoms with Crippen molar-refractivity contribution in [1.29, 1.82) is 0 Å². The summed E-state index contributed by atoms with van der Waals surface area (Å²) < 4.78 is 5.75. The van der Waals surface area contributed by atoms with E-state index in [9.17, 15) is 30.0 Å². The Bertz CT molecular complexity index is 1130. The zero-order chi connectivity index (χ0) is 28.2. The molecule has 2 aromatic rings. The Kier molecular flexibility index (Phi) is 11.8. The van der Waals surface area contributed by atoms with Crippen molar-refractivity contribution in [2.24, 2.45) is 0 Å². The van der Waals surface area contributed by atoms with E-state index in [4.69, 9.17) is 4.74 Å². The lowest BCUT2D eigenvalue weighted by Gasteiger charge is -2.44. The maximum Gasteiger partial charge on any atom is 0.296 e. The standard InChI is InChI=1S/C25H37N7O7/c1-2-3-4-5-6-7-8-9-10-16(35)26-11-17(36)31-18-20(37)21(38)25(39-22(18)15(34)12-33)32-24-19-23(28-13-27-19)29-14-30-24/h13-15,18,20-22,25,33-34,37-38H,2-8,11-12H2,1H3,(H,26,35)(H,31,36)(H2,27,28,29,30,32)/t15-,18+,20+,21+,22-,25-/m0/s1. The number of anilines is 1. The zero-order valence-corrected chi connectivity index (χ0v) is 21.8. The van der Waals surface area contributed by atoms with Gasteiger partial charge < -0.3 is 46.1 Å². The molecule has 6 atom stereocenters. The number of rotatable bonds is 13. The number of nitrogens with zero attached hydrogens (tertiary/aromatic N) is 3. The summed E-state index contributed by atoms with van der Waals surface area (Å²) in [6.45, 7) is 0.965. The molecule has 0 radical (unpaired) electrons. The van der Waals surface area contributed by atoms with Crippen molar-refractivity contribution in [2.45, 2.75) is 88.6 Å². The molecule has 39 heavy (non-hydrogen) atoms. The Labute approximate surface area is 226 Å². The molecule has 3 heterocycles. The van der Waals surface area contributed by atoms with Crippen molar-refractivity contribution >= 4 is 28.8 Å². The average molecular weight is 548 g/mol. The first-order valence-corrected chi connectivity index (χ1v) is 13.1. The van der Waals surface area contributed by atoms with Gasteiger partial charge in [-0.25, -0.2) is 15.0 Å². The fraction of sp³-hybridized carbons (Fsp3) is 0.640. The number of carbonyl (C=O) groups excluding carboxylic acids is 2. The first kappa shape index (κ1) is 30.2.